The molecule has 4 rings (SSSR count). The topological polar surface area (TPSA) is 51.0 Å². The zero-order valence-corrected chi connectivity index (χ0v) is 14.9. The zero-order chi connectivity index (χ0) is 17.9. The lowest BCUT2D eigenvalue weighted by molar-refractivity contribution is 0.0732. The van der Waals surface area contributed by atoms with Gasteiger partial charge in [-0.3, -0.25) is 14.5 Å². The largest absolute Gasteiger partial charge is 0.330 e. The van der Waals surface area contributed by atoms with E-state index >= 15 is 0 Å². The average molecular weight is 346 g/mol. The first kappa shape index (κ1) is 16.5. The van der Waals surface area contributed by atoms with E-state index in [1.807, 2.05) is 42.3 Å². The molecule has 0 N–H and O–H groups in total. The summed E-state index contributed by atoms with van der Waals surface area (Å²) < 4.78 is 1.66. The number of nitrogens with zero attached hydrogens (tertiary/aromatic N) is 4. The van der Waals surface area contributed by atoms with Crippen molar-refractivity contribution >= 4 is 5.91 Å². The smallest absolute Gasteiger partial charge is 0.257 e. The SMILES string of the molecule is Cn1cc(C(=O)N2CCCC2c2cccc(Cc3ccccc3)n2)cn1. The fourth-order valence-corrected chi connectivity index (χ4v) is 3.60. The Hall–Kier alpha value is -2.95. The maximum Gasteiger partial charge on any atom is 0.257 e. The van der Waals surface area contributed by atoms with Crippen LogP contribution >= 0.6 is 0 Å². The molecule has 26 heavy (non-hydrogen) atoms. The molecule has 1 aliphatic heterocycles. The Morgan fingerprint density at radius 3 is 2.77 bits per heavy atom. The summed E-state index contributed by atoms with van der Waals surface area (Å²) in [6, 6.07) is 16.5. The lowest BCUT2D eigenvalue weighted by Crippen LogP contribution is -2.30. The monoisotopic (exact) mass is 346 g/mol. The summed E-state index contributed by atoms with van der Waals surface area (Å²) in [5.74, 6) is 0.0378. The number of carbonyl (C=O) groups excluding carboxylic acids is 1. The number of benzene rings is 1. The third-order valence-electron chi connectivity index (χ3n) is 4.86. The highest BCUT2D eigenvalue weighted by Crippen LogP contribution is 2.32. The third kappa shape index (κ3) is 3.38. The van der Waals surface area contributed by atoms with Crippen LogP contribution in [0.15, 0.2) is 60.9 Å². The number of aromatic nitrogens is 3. The van der Waals surface area contributed by atoms with Crippen molar-refractivity contribution in [2.45, 2.75) is 25.3 Å². The molecule has 1 unspecified atom stereocenters. The highest BCUT2D eigenvalue weighted by atomic mass is 16.2. The minimum atomic E-state index is 0.0378. The van der Waals surface area contributed by atoms with Gasteiger partial charge in [0, 0.05) is 31.9 Å². The van der Waals surface area contributed by atoms with Crippen molar-refractivity contribution in [2.75, 3.05) is 6.54 Å². The number of amides is 1. The fraction of sp³-hybridized carbons (Fsp3) is 0.286. The van der Waals surface area contributed by atoms with Crippen LogP contribution in [0.1, 0.15) is 46.2 Å². The van der Waals surface area contributed by atoms with Gasteiger partial charge in [-0.05, 0) is 30.5 Å². The van der Waals surface area contributed by atoms with Gasteiger partial charge in [0.05, 0.1) is 23.5 Å². The van der Waals surface area contributed by atoms with Gasteiger partial charge in [0.15, 0.2) is 0 Å². The van der Waals surface area contributed by atoms with Crippen molar-refractivity contribution < 1.29 is 4.79 Å². The van der Waals surface area contributed by atoms with Crippen molar-refractivity contribution in [1.29, 1.82) is 0 Å². The Labute approximate surface area is 153 Å². The summed E-state index contributed by atoms with van der Waals surface area (Å²) in [5.41, 5.74) is 3.90. The van der Waals surface area contributed by atoms with Crippen LogP contribution in [-0.2, 0) is 13.5 Å². The summed E-state index contributed by atoms with van der Waals surface area (Å²) in [6.07, 6.45) is 6.17. The van der Waals surface area contributed by atoms with Gasteiger partial charge in [0.25, 0.3) is 5.91 Å². The number of pyridine rings is 1. The Morgan fingerprint density at radius 1 is 1.15 bits per heavy atom. The maximum absolute atomic E-state index is 12.9. The normalized spacial score (nSPS) is 16.8. The quantitative estimate of drug-likeness (QED) is 0.728. The van der Waals surface area contributed by atoms with Gasteiger partial charge in [-0.1, -0.05) is 36.4 Å². The van der Waals surface area contributed by atoms with Crippen molar-refractivity contribution in [3.8, 4) is 0 Å². The minimum Gasteiger partial charge on any atom is -0.330 e. The lowest BCUT2D eigenvalue weighted by atomic mass is 10.1. The summed E-state index contributed by atoms with van der Waals surface area (Å²) in [6.45, 7) is 0.767. The van der Waals surface area contributed by atoms with Crippen LogP contribution in [0.5, 0.6) is 0 Å². The molecule has 0 spiro atoms. The molecule has 0 saturated carbocycles. The first-order valence-electron chi connectivity index (χ1n) is 9.00. The molecule has 5 heteroatoms. The predicted molar refractivity (Wildman–Crippen MR) is 99.7 cm³/mol. The summed E-state index contributed by atoms with van der Waals surface area (Å²) in [7, 11) is 1.83. The van der Waals surface area contributed by atoms with Gasteiger partial charge in [-0.15, -0.1) is 0 Å². The van der Waals surface area contributed by atoms with Crippen LogP contribution in [0, 0.1) is 0 Å². The van der Waals surface area contributed by atoms with Crippen molar-refractivity contribution in [2.24, 2.45) is 7.05 Å². The first-order chi connectivity index (χ1) is 12.7. The predicted octanol–water partition coefficient (Wildman–Crippen LogP) is 3.38. The molecule has 3 heterocycles. The number of carbonyl (C=O) groups is 1. The molecular formula is C21H22N4O. The van der Waals surface area contributed by atoms with E-state index in [2.05, 4.69) is 23.3 Å². The molecule has 3 aromatic rings. The highest BCUT2D eigenvalue weighted by Gasteiger charge is 2.32. The van der Waals surface area contributed by atoms with Crippen LogP contribution in [0.25, 0.3) is 0 Å². The van der Waals surface area contributed by atoms with Crippen LogP contribution in [-0.4, -0.2) is 32.1 Å². The second-order valence-corrected chi connectivity index (χ2v) is 6.78. The standard InChI is InChI=1S/C21H22N4O/c1-24-15-17(14-22-24)21(26)25-12-6-11-20(25)19-10-5-9-18(23-19)13-16-7-3-2-4-8-16/h2-5,7-10,14-15,20H,6,11-13H2,1H3. The Kier molecular flexibility index (Phi) is 4.52. The van der Waals surface area contributed by atoms with Crippen molar-refractivity contribution in [3.63, 3.8) is 0 Å². The lowest BCUT2D eigenvalue weighted by Gasteiger charge is -2.24. The molecule has 0 bridgehead atoms. The minimum absolute atomic E-state index is 0.0378. The number of aryl methyl sites for hydroxylation is 1. The molecule has 132 valence electrons. The van der Waals surface area contributed by atoms with Gasteiger partial charge in [-0.2, -0.15) is 5.10 Å². The fourth-order valence-electron chi connectivity index (χ4n) is 3.60. The molecule has 1 aliphatic rings. The zero-order valence-electron chi connectivity index (χ0n) is 14.9. The molecule has 1 amide bonds. The second kappa shape index (κ2) is 7.12. The van der Waals surface area contributed by atoms with Crippen molar-refractivity contribution in [3.05, 3.63) is 83.4 Å². The molecular weight excluding hydrogens is 324 g/mol. The van der Waals surface area contributed by atoms with Gasteiger partial charge in [-0.25, -0.2) is 0 Å². The number of hydrogen-bond acceptors (Lipinski definition) is 3. The molecule has 2 aromatic heterocycles. The average Bonchev–Trinajstić information content (AvgIpc) is 3.31. The van der Waals surface area contributed by atoms with E-state index in [0.29, 0.717) is 5.56 Å². The van der Waals surface area contributed by atoms with E-state index in [9.17, 15) is 4.79 Å². The molecule has 0 aliphatic carbocycles. The van der Waals surface area contributed by atoms with Crippen LogP contribution in [0.3, 0.4) is 0 Å². The first-order valence-corrected chi connectivity index (χ1v) is 9.00. The second-order valence-electron chi connectivity index (χ2n) is 6.78. The Bertz CT molecular complexity index is 903. The molecule has 1 fully saturated rings. The van der Waals surface area contributed by atoms with Gasteiger partial charge in [0.2, 0.25) is 0 Å². The molecule has 1 saturated heterocycles. The Balaban J connectivity index is 1.56. The molecule has 5 nitrogen and oxygen atoms in total. The van der Waals surface area contributed by atoms with Crippen molar-refractivity contribution in [1.82, 2.24) is 19.7 Å². The maximum atomic E-state index is 12.9. The highest BCUT2D eigenvalue weighted by molar-refractivity contribution is 5.94. The molecule has 0 radical (unpaired) electrons. The van der Waals surface area contributed by atoms with E-state index in [-0.39, 0.29) is 11.9 Å². The van der Waals surface area contributed by atoms with Gasteiger partial charge in [0.1, 0.15) is 0 Å². The third-order valence-corrected chi connectivity index (χ3v) is 4.86. The number of likely N-dealkylation sites (tertiary alicyclic amines) is 1. The summed E-state index contributed by atoms with van der Waals surface area (Å²) in [4.78, 5) is 19.7. The van der Waals surface area contributed by atoms with E-state index in [1.54, 1.807) is 17.1 Å². The van der Waals surface area contributed by atoms with E-state index in [1.165, 1.54) is 5.56 Å². The number of hydrogen-bond donors (Lipinski definition) is 0. The Morgan fingerprint density at radius 2 is 2.00 bits per heavy atom. The van der Waals surface area contributed by atoms with Crippen LogP contribution < -0.4 is 0 Å². The van der Waals surface area contributed by atoms with E-state index < -0.39 is 0 Å². The van der Waals surface area contributed by atoms with Gasteiger partial charge < -0.3 is 4.90 Å². The van der Waals surface area contributed by atoms with E-state index in [0.717, 1.165) is 37.2 Å². The van der Waals surface area contributed by atoms with Crippen LogP contribution in [0.2, 0.25) is 0 Å². The summed E-state index contributed by atoms with van der Waals surface area (Å²) in [5, 5.41) is 4.12. The molecule has 1 aromatic carbocycles. The summed E-state index contributed by atoms with van der Waals surface area (Å²) >= 11 is 0. The van der Waals surface area contributed by atoms with Crippen LogP contribution in [0.4, 0.5) is 0 Å². The molecule has 1 atom stereocenters. The van der Waals surface area contributed by atoms with E-state index in [4.69, 9.17) is 4.98 Å². The van der Waals surface area contributed by atoms with Gasteiger partial charge >= 0.3 is 0 Å². The number of rotatable bonds is 4.